The third-order valence-corrected chi connectivity index (χ3v) is 4.33. The second kappa shape index (κ2) is 7.65. The number of carbonyl (C=O) groups is 1. The minimum Gasteiger partial charge on any atom is -0.383 e. The van der Waals surface area contributed by atoms with Gasteiger partial charge in [-0.2, -0.15) is 0 Å². The standard InChI is InChI=1S/C16H19IN4O3/c1-3-4-8-21-13(18)12(14(22)19-16(21)24)20(2)15(23)10-6-5-7-11(17)9-10/h5-7,9H,3-4,8,18H2,1-2H3,(H,19,22,24). The summed E-state index contributed by atoms with van der Waals surface area (Å²) in [5.74, 6) is -0.370. The lowest BCUT2D eigenvalue weighted by molar-refractivity contribution is 0.0992. The Morgan fingerprint density at radius 2 is 2.08 bits per heavy atom. The molecule has 24 heavy (non-hydrogen) atoms. The van der Waals surface area contributed by atoms with Gasteiger partial charge in [-0.05, 0) is 47.2 Å². The number of nitrogen functional groups attached to an aromatic ring is 1. The number of aromatic nitrogens is 2. The lowest BCUT2D eigenvalue weighted by atomic mass is 10.2. The fourth-order valence-electron chi connectivity index (χ4n) is 2.36. The van der Waals surface area contributed by atoms with Crippen LogP contribution in [0.4, 0.5) is 11.5 Å². The highest BCUT2D eigenvalue weighted by Gasteiger charge is 2.21. The molecule has 0 saturated heterocycles. The van der Waals surface area contributed by atoms with E-state index in [9.17, 15) is 14.4 Å². The lowest BCUT2D eigenvalue weighted by Gasteiger charge is -2.20. The molecule has 0 radical (unpaired) electrons. The van der Waals surface area contributed by atoms with E-state index in [1.54, 1.807) is 18.2 Å². The average Bonchev–Trinajstić information content (AvgIpc) is 2.53. The minimum absolute atomic E-state index is 0.00122. The highest BCUT2D eigenvalue weighted by atomic mass is 127. The van der Waals surface area contributed by atoms with Gasteiger partial charge in [-0.1, -0.05) is 19.4 Å². The number of benzene rings is 1. The predicted molar refractivity (Wildman–Crippen MR) is 103 cm³/mol. The van der Waals surface area contributed by atoms with Crippen molar-refractivity contribution in [2.75, 3.05) is 17.7 Å². The number of anilines is 2. The van der Waals surface area contributed by atoms with Crippen molar-refractivity contribution in [1.82, 2.24) is 9.55 Å². The Morgan fingerprint density at radius 1 is 1.38 bits per heavy atom. The molecule has 0 bridgehead atoms. The SMILES string of the molecule is CCCCn1c(N)c(N(C)C(=O)c2cccc(I)c2)c(=O)[nH]c1=O. The third-order valence-electron chi connectivity index (χ3n) is 3.66. The topological polar surface area (TPSA) is 101 Å². The van der Waals surface area contributed by atoms with Crippen molar-refractivity contribution in [3.63, 3.8) is 0 Å². The first-order chi connectivity index (χ1) is 11.4. The summed E-state index contributed by atoms with van der Waals surface area (Å²) in [7, 11) is 1.47. The van der Waals surface area contributed by atoms with Gasteiger partial charge in [0.05, 0.1) is 0 Å². The second-order valence-corrected chi connectivity index (χ2v) is 6.62. The first-order valence-electron chi connectivity index (χ1n) is 7.53. The van der Waals surface area contributed by atoms with Crippen molar-refractivity contribution in [3.8, 4) is 0 Å². The lowest BCUT2D eigenvalue weighted by Crippen LogP contribution is -2.39. The maximum atomic E-state index is 12.6. The summed E-state index contributed by atoms with van der Waals surface area (Å²) in [5.41, 5.74) is 5.20. The van der Waals surface area contributed by atoms with Crippen LogP contribution in [0.1, 0.15) is 30.1 Å². The zero-order valence-electron chi connectivity index (χ0n) is 13.5. The van der Waals surface area contributed by atoms with Crippen molar-refractivity contribution >= 4 is 40.0 Å². The van der Waals surface area contributed by atoms with Gasteiger partial charge in [-0.15, -0.1) is 0 Å². The third kappa shape index (κ3) is 3.69. The molecular weight excluding hydrogens is 423 g/mol. The number of nitrogens with zero attached hydrogens (tertiary/aromatic N) is 2. The number of rotatable bonds is 5. The van der Waals surface area contributed by atoms with E-state index >= 15 is 0 Å². The zero-order valence-corrected chi connectivity index (χ0v) is 15.7. The summed E-state index contributed by atoms with van der Waals surface area (Å²) in [6, 6.07) is 7.01. The Hall–Kier alpha value is -2.10. The molecule has 2 rings (SSSR count). The Balaban J connectivity index is 2.49. The maximum Gasteiger partial charge on any atom is 0.330 e. The van der Waals surface area contributed by atoms with E-state index < -0.39 is 11.2 Å². The molecule has 0 aliphatic rings. The number of carbonyl (C=O) groups excluding carboxylic acids is 1. The number of hydrogen-bond acceptors (Lipinski definition) is 4. The van der Waals surface area contributed by atoms with Crippen LogP contribution in [0.5, 0.6) is 0 Å². The van der Waals surface area contributed by atoms with Crippen LogP contribution < -0.4 is 21.9 Å². The minimum atomic E-state index is -0.674. The van der Waals surface area contributed by atoms with Gasteiger partial charge in [0.1, 0.15) is 5.82 Å². The van der Waals surface area contributed by atoms with Crippen molar-refractivity contribution in [2.24, 2.45) is 0 Å². The van der Waals surface area contributed by atoms with E-state index in [1.807, 2.05) is 13.0 Å². The summed E-state index contributed by atoms with van der Waals surface area (Å²) in [5, 5.41) is 0. The molecule has 3 N–H and O–H groups in total. The van der Waals surface area contributed by atoms with E-state index in [2.05, 4.69) is 27.6 Å². The molecule has 0 aliphatic heterocycles. The van der Waals surface area contributed by atoms with E-state index in [-0.39, 0.29) is 17.4 Å². The number of hydrogen-bond donors (Lipinski definition) is 2. The molecule has 0 unspecified atom stereocenters. The summed E-state index contributed by atoms with van der Waals surface area (Å²) in [6.45, 7) is 2.37. The Labute approximate surface area is 152 Å². The maximum absolute atomic E-state index is 12.6. The summed E-state index contributed by atoms with van der Waals surface area (Å²) in [6.07, 6.45) is 1.61. The van der Waals surface area contributed by atoms with Crippen LogP contribution in [0.15, 0.2) is 33.9 Å². The van der Waals surface area contributed by atoms with Gasteiger partial charge in [0.2, 0.25) is 0 Å². The van der Waals surface area contributed by atoms with Crippen molar-refractivity contribution in [1.29, 1.82) is 0 Å². The normalized spacial score (nSPS) is 10.6. The molecule has 1 amide bonds. The number of halogens is 1. The second-order valence-electron chi connectivity index (χ2n) is 5.37. The smallest absolute Gasteiger partial charge is 0.330 e. The molecule has 8 heteroatoms. The van der Waals surface area contributed by atoms with Gasteiger partial charge >= 0.3 is 5.69 Å². The molecule has 1 aromatic heterocycles. The number of nitrogens with two attached hydrogens (primary N) is 1. The van der Waals surface area contributed by atoms with Crippen LogP contribution >= 0.6 is 22.6 Å². The number of aromatic amines is 1. The molecule has 1 aromatic carbocycles. The number of amides is 1. The van der Waals surface area contributed by atoms with Crippen molar-refractivity contribution < 1.29 is 4.79 Å². The number of unbranched alkanes of at least 4 members (excludes halogenated alkanes) is 1. The average molecular weight is 442 g/mol. The molecule has 0 saturated carbocycles. The molecule has 2 aromatic rings. The Bertz CT molecular complexity index is 872. The first kappa shape index (κ1) is 18.2. The largest absolute Gasteiger partial charge is 0.383 e. The van der Waals surface area contributed by atoms with Crippen LogP contribution in [0.3, 0.4) is 0 Å². The molecule has 128 valence electrons. The van der Waals surface area contributed by atoms with Crippen LogP contribution in [0.25, 0.3) is 0 Å². The molecule has 0 spiro atoms. The first-order valence-corrected chi connectivity index (χ1v) is 8.61. The van der Waals surface area contributed by atoms with E-state index in [4.69, 9.17) is 5.73 Å². The molecule has 0 aliphatic carbocycles. The zero-order chi connectivity index (χ0) is 17.9. The highest BCUT2D eigenvalue weighted by molar-refractivity contribution is 14.1. The Kier molecular flexibility index (Phi) is 5.81. The van der Waals surface area contributed by atoms with Gasteiger partial charge < -0.3 is 10.6 Å². The van der Waals surface area contributed by atoms with Crippen molar-refractivity contribution in [2.45, 2.75) is 26.3 Å². The number of nitrogens with one attached hydrogen (secondary N) is 1. The molecule has 0 fully saturated rings. The highest BCUT2D eigenvalue weighted by Crippen LogP contribution is 2.18. The molecule has 7 nitrogen and oxygen atoms in total. The van der Waals surface area contributed by atoms with Gasteiger partial charge in [-0.3, -0.25) is 19.1 Å². The molecule has 0 atom stereocenters. The van der Waals surface area contributed by atoms with E-state index in [0.29, 0.717) is 12.1 Å². The van der Waals surface area contributed by atoms with Crippen LogP contribution in [0, 0.1) is 3.57 Å². The predicted octanol–water partition coefficient (Wildman–Crippen LogP) is 1.80. The quantitative estimate of drug-likeness (QED) is 0.690. The van der Waals surface area contributed by atoms with Crippen LogP contribution in [-0.4, -0.2) is 22.5 Å². The summed E-state index contributed by atoms with van der Waals surface area (Å²) >= 11 is 2.11. The fraction of sp³-hybridized carbons (Fsp3) is 0.312. The monoisotopic (exact) mass is 442 g/mol. The Morgan fingerprint density at radius 3 is 2.71 bits per heavy atom. The number of H-pyrrole nitrogens is 1. The van der Waals surface area contributed by atoms with Crippen LogP contribution in [0.2, 0.25) is 0 Å². The van der Waals surface area contributed by atoms with Crippen molar-refractivity contribution in [3.05, 3.63) is 54.2 Å². The molecule has 1 heterocycles. The van der Waals surface area contributed by atoms with Gasteiger partial charge in [0.25, 0.3) is 11.5 Å². The van der Waals surface area contributed by atoms with Gasteiger partial charge in [0, 0.05) is 22.7 Å². The fourth-order valence-corrected chi connectivity index (χ4v) is 2.90. The van der Waals surface area contributed by atoms with E-state index in [0.717, 1.165) is 16.4 Å². The molecular formula is C16H19IN4O3. The van der Waals surface area contributed by atoms with Gasteiger partial charge in [-0.25, -0.2) is 4.79 Å². The summed E-state index contributed by atoms with van der Waals surface area (Å²) < 4.78 is 2.19. The van der Waals surface area contributed by atoms with E-state index in [1.165, 1.54) is 16.5 Å². The van der Waals surface area contributed by atoms with Gasteiger partial charge in [0.15, 0.2) is 5.69 Å². The van der Waals surface area contributed by atoms with Crippen LogP contribution in [-0.2, 0) is 6.54 Å². The summed E-state index contributed by atoms with van der Waals surface area (Å²) in [4.78, 5) is 40.2.